The number of anilines is 1. The van der Waals surface area contributed by atoms with Gasteiger partial charge in [-0.15, -0.1) is 0 Å². The molecule has 0 spiro atoms. The monoisotopic (exact) mass is 303 g/mol. The van der Waals surface area contributed by atoms with E-state index < -0.39 is 0 Å². The molecule has 23 heavy (non-hydrogen) atoms. The van der Waals surface area contributed by atoms with E-state index in [1.54, 1.807) is 18.2 Å². The first-order chi connectivity index (χ1) is 11.2. The molecule has 1 aliphatic carbocycles. The molecule has 114 valence electrons. The molecule has 0 saturated heterocycles. The normalized spacial score (nSPS) is 15.7. The number of nitrogen functional groups attached to an aromatic ring is 1. The second kappa shape index (κ2) is 5.43. The van der Waals surface area contributed by atoms with Gasteiger partial charge >= 0.3 is 0 Å². The zero-order valence-electron chi connectivity index (χ0n) is 12.7. The summed E-state index contributed by atoms with van der Waals surface area (Å²) in [4.78, 5) is 12.8. The van der Waals surface area contributed by atoms with Crippen molar-refractivity contribution in [1.82, 2.24) is 0 Å². The van der Waals surface area contributed by atoms with Crippen LogP contribution in [-0.4, -0.2) is 0 Å². The van der Waals surface area contributed by atoms with E-state index in [4.69, 9.17) is 10.2 Å². The largest absolute Gasteiger partial charge is 0.456 e. The first kappa shape index (κ1) is 13.8. The van der Waals surface area contributed by atoms with Crippen LogP contribution in [0.3, 0.4) is 0 Å². The van der Waals surface area contributed by atoms with Gasteiger partial charge in [0.25, 0.3) is 0 Å². The molecule has 0 bridgehead atoms. The first-order valence-corrected chi connectivity index (χ1v) is 7.83. The summed E-state index contributed by atoms with van der Waals surface area (Å²) in [6, 6.07) is 15.4. The Morgan fingerprint density at radius 1 is 1.04 bits per heavy atom. The third-order valence-electron chi connectivity index (χ3n) is 4.31. The molecule has 1 aromatic heterocycles. The Morgan fingerprint density at radius 3 is 2.70 bits per heavy atom. The van der Waals surface area contributed by atoms with Crippen molar-refractivity contribution >= 4 is 28.3 Å². The van der Waals surface area contributed by atoms with Crippen LogP contribution < -0.4 is 11.2 Å². The molecule has 1 aliphatic rings. The van der Waals surface area contributed by atoms with Gasteiger partial charge in [-0.2, -0.15) is 0 Å². The molecule has 0 unspecified atom stereocenters. The zero-order chi connectivity index (χ0) is 15.8. The van der Waals surface area contributed by atoms with Gasteiger partial charge < -0.3 is 10.2 Å². The van der Waals surface area contributed by atoms with Gasteiger partial charge in [-0.25, -0.2) is 0 Å². The van der Waals surface area contributed by atoms with E-state index in [1.165, 1.54) is 0 Å². The standard InChI is InChI=1S/C20H17NO2/c21-15-9-10-18-17(12-15)19(22)16-8-4-7-14(20(16)23-18)11-13-5-2-1-3-6-13/h1-3,5-6,9-12H,4,7-8,21H2. The Labute approximate surface area is 134 Å². The molecule has 3 aromatic rings. The van der Waals surface area contributed by atoms with Crippen molar-refractivity contribution in [3.63, 3.8) is 0 Å². The van der Waals surface area contributed by atoms with E-state index in [2.05, 4.69) is 18.2 Å². The number of hydrogen-bond acceptors (Lipinski definition) is 3. The van der Waals surface area contributed by atoms with Gasteiger partial charge in [0.05, 0.1) is 5.39 Å². The summed E-state index contributed by atoms with van der Waals surface area (Å²) in [7, 11) is 0. The van der Waals surface area contributed by atoms with Gasteiger partial charge in [-0.3, -0.25) is 4.79 Å². The quantitative estimate of drug-likeness (QED) is 0.684. The van der Waals surface area contributed by atoms with Crippen LogP contribution in [0.1, 0.15) is 29.7 Å². The van der Waals surface area contributed by atoms with Crippen LogP contribution >= 0.6 is 0 Å². The minimum absolute atomic E-state index is 0.0483. The highest BCUT2D eigenvalue weighted by molar-refractivity contribution is 5.86. The van der Waals surface area contributed by atoms with E-state index in [1.807, 2.05) is 18.2 Å². The van der Waals surface area contributed by atoms with Crippen molar-refractivity contribution in [1.29, 1.82) is 0 Å². The Bertz CT molecular complexity index is 968. The van der Waals surface area contributed by atoms with Crippen LogP contribution in [0.25, 0.3) is 22.6 Å². The average Bonchev–Trinajstić information content (AvgIpc) is 2.57. The van der Waals surface area contributed by atoms with E-state index in [9.17, 15) is 4.79 Å². The number of benzene rings is 2. The Balaban J connectivity index is 1.95. The van der Waals surface area contributed by atoms with Gasteiger partial charge in [0.15, 0.2) is 5.43 Å². The lowest BCUT2D eigenvalue weighted by Gasteiger charge is -2.18. The average molecular weight is 303 g/mol. The SMILES string of the molecule is Nc1ccc2oc3c(c(=O)c2c1)CCCC3=Cc1ccccc1. The maximum Gasteiger partial charge on any atom is 0.196 e. The minimum Gasteiger partial charge on any atom is -0.456 e. The van der Waals surface area contributed by atoms with Gasteiger partial charge in [-0.1, -0.05) is 30.3 Å². The number of rotatable bonds is 1. The van der Waals surface area contributed by atoms with E-state index >= 15 is 0 Å². The molecule has 2 aromatic carbocycles. The van der Waals surface area contributed by atoms with Crippen LogP contribution in [0.15, 0.2) is 57.7 Å². The predicted molar refractivity (Wildman–Crippen MR) is 94.1 cm³/mol. The highest BCUT2D eigenvalue weighted by Gasteiger charge is 2.21. The van der Waals surface area contributed by atoms with E-state index in [0.717, 1.165) is 41.7 Å². The van der Waals surface area contributed by atoms with Crippen LogP contribution in [0.4, 0.5) is 5.69 Å². The van der Waals surface area contributed by atoms with Crippen molar-refractivity contribution in [3.8, 4) is 0 Å². The van der Waals surface area contributed by atoms with Gasteiger partial charge in [0, 0.05) is 11.3 Å². The molecule has 3 heteroatoms. The summed E-state index contributed by atoms with van der Waals surface area (Å²) in [6.07, 6.45) is 4.76. The lowest BCUT2D eigenvalue weighted by atomic mass is 9.90. The highest BCUT2D eigenvalue weighted by Crippen LogP contribution is 2.33. The molecule has 4 rings (SSSR count). The van der Waals surface area contributed by atoms with Crippen molar-refractivity contribution in [3.05, 3.63) is 75.6 Å². The van der Waals surface area contributed by atoms with Gasteiger partial charge in [0.2, 0.25) is 0 Å². The topological polar surface area (TPSA) is 56.2 Å². The number of nitrogens with two attached hydrogens (primary N) is 1. The highest BCUT2D eigenvalue weighted by atomic mass is 16.3. The maximum absolute atomic E-state index is 12.8. The van der Waals surface area contributed by atoms with Crippen molar-refractivity contribution in [2.75, 3.05) is 5.73 Å². The summed E-state index contributed by atoms with van der Waals surface area (Å²) in [5.41, 5.74) is 10.0. The molecular formula is C20H17NO2. The Hall–Kier alpha value is -2.81. The van der Waals surface area contributed by atoms with Gasteiger partial charge in [0.1, 0.15) is 11.3 Å². The summed E-state index contributed by atoms with van der Waals surface area (Å²) in [5.74, 6) is 0.738. The minimum atomic E-state index is 0.0483. The Morgan fingerprint density at radius 2 is 1.87 bits per heavy atom. The molecule has 2 N–H and O–H groups in total. The third kappa shape index (κ3) is 2.44. The van der Waals surface area contributed by atoms with Crippen molar-refractivity contribution in [2.24, 2.45) is 0 Å². The molecule has 0 fully saturated rings. The first-order valence-electron chi connectivity index (χ1n) is 7.83. The molecule has 0 radical (unpaired) electrons. The van der Waals surface area contributed by atoms with Gasteiger partial charge in [-0.05, 0) is 54.7 Å². The molecule has 3 nitrogen and oxygen atoms in total. The second-order valence-electron chi connectivity index (χ2n) is 5.93. The molecule has 0 atom stereocenters. The predicted octanol–water partition coefficient (Wildman–Crippen LogP) is 4.25. The van der Waals surface area contributed by atoms with Crippen molar-refractivity contribution in [2.45, 2.75) is 19.3 Å². The third-order valence-corrected chi connectivity index (χ3v) is 4.31. The van der Waals surface area contributed by atoms with E-state index in [-0.39, 0.29) is 5.43 Å². The summed E-state index contributed by atoms with van der Waals surface area (Å²) < 4.78 is 6.08. The molecular weight excluding hydrogens is 286 g/mol. The fraction of sp³-hybridized carbons (Fsp3) is 0.150. The van der Waals surface area contributed by atoms with Crippen LogP contribution in [0.5, 0.6) is 0 Å². The Kier molecular flexibility index (Phi) is 3.27. The number of hydrogen-bond donors (Lipinski definition) is 1. The van der Waals surface area contributed by atoms with Crippen LogP contribution in [0, 0.1) is 0 Å². The molecule has 0 saturated carbocycles. The van der Waals surface area contributed by atoms with Crippen LogP contribution in [-0.2, 0) is 6.42 Å². The lowest BCUT2D eigenvalue weighted by molar-refractivity contribution is 0.558. The van der Waals surface area contributed by atoms with Crippen molar-refractivity contribution < 1.29 is 4.42 Å². The number of fused-ring (bicyclic) bond motifs is 2. The van der Waals surface area contributed by atoms with E-state index in [0.29, 0.717) is 16.7 Å². The summed E-state index contributed by atoms with van der Waals surface area (Å²) in [6.45, 7) is 0. The zero-order valence-corrected chi connectivity index (χ0v) is 12.7. The fourth-order valence-electron chi connectivity index (χ4n) is 3.20. The summed E-state index contributed by atoms with van der Waals surface area (Å²) in [5, 5.41) is 0.574. The fourth-order valence-corrected chi connectivity index (χ4v) is 3.20. The number of allylic oxidation sites excluding steroid dienone is 1. The second-order valence-corrected chi connectivity index (χ2v) is 5.93. The van der Waals surface area contributed by atoms with Crippen LogP contribution in [0.2, 0.25) is 0 Å². The molecule has 1 heterocycles. The summed E-state index contributed by atoms with van der Waals surface area (Å²) >= 11 is 0. The smallest absolute Gasteiger partial charge is 0.196 e. The maximum atomic E-state index is 12.8. The molecule has 0 aliphatic heterocycles. The molecule has 0 amide bonds. The lowest BCUT2D eigenvalue weighted by Crippen LogP contribution is -2.16.